The SMILES string of the molecule is Cc1ccc(C)c2[nH]c(=O)c([C@@H](c3nnnn3Cc3ccc(F)cc3)N3CCc4ccccc4C3)cc12. The molecule has 0 bridgehead atoms. The number of aromatic nitrogens is 5. The molecule has 0 radical (unpaired) electrons. The number of tetrazole rings is 1. The summed E-state index contributed by atoms with van der Waals surface area (Å²) >= 11 is 0. The minimum atomic E-state index is -0.461. The molecule has 0 fully saturated rings. The van der Waals surface area contributed by atoms with Crippen LogP contribution in [0.5, 0.6) is 0 Å². The molecule has 0 saturated heterocycles. The average Bonchev–Trinajstić information content (AvgIpc) is 3.36. The van der Waals surface area contributed by atoms with Gasteiger partial charge in [0.2, 0.25) is 0 Å². The Bertz CT molecular complexity index is 1660. The van der Waals surface area contributed by atoms with Crippen molar-refractivity contribution in [2.45, 2.75) is 39.4 Å². The molecule has 7 nitrogen and oxygen atoms in total. The van der Waals surface area contributed by atoms with E-state index in [2.05, 4.69) is 56.6 Å². The molecule has 0 amide bonds. The van der Waals surface area contributed by atoms with Crippen molar-refractivity contribution in [3.63, 3.8) is 0 Å². The van der Waals surface area contributed by atoms with Gasteiger partial charge >= 0.3 is 0 Å². The van der Waals surface area contributed by atoms with Crippen LogP contribution >= 0.6 is 0 Å². The van der Waals surface area contributed by atoms with Gasteiger partial charge in [-0.25, -0.2) is 9.07 Å². The van der Waals surface area contributed by atoms with Gasteiger partial charge in [-0.1, -0.05) is 48.5 Å². The van der Waals surface area contributed by atoms with Crippen LogP contribution in [0.1, 0.15) is 45.2 Å². The molecule has 8 heteroatoms. The zero-order valence-corrected chi connectivity index (χ0v) is 20.8. The lowest BCUT2D eigenvalue weighted by molar-refractivity contribution is 0.194. The van der Waals surface area contributed by atoms with E-state index in [4.69, 9.17) is 0 Å². The van der Waals surface area contributed by atoms with E-state index in [1.165, 1.54) is 23.3 Å². The van der Waals surface area contributed by atoms with E-state index < -0.39 is 6.04 Å². The normalized spacial score (nSPS) is 14.6. The number of pyridine rings is 1. The largest absolute Gasteiger partial charge is 0.321 e. The summed E-state index contributed by atoms with van der Waals surface area (Å²) in [7, 11) is 0. The molecule has 5 aromatic rings. The van der Waals surface area contributed by atoms with Gasteiger partial charge in [0.05, 0.1) is 12.1 Å². The minimum absolute atomic E-state index is 0.151. The lowest BCUT2D eigenvalue weighted by atomic mass is 9.95. The van der Waals surface area contributed by atoms with Crippen molar-refractivity contribution in [1.29, 1.82) is 0 Å². The van der Waals surface area contributed by atoms with Crippen LogP contribution in [0.3, 0.4) is 0 Å². The topological polar surface area (TPSA) is 79.7 Å². The predicted octanol–water partition coefficient (Wildman–Crippen LogP) is 4.47. The molecule has 2 aromatic heterocycles. The number of fused-ring (bicyclic) bond motifs is 2. The Balaban J connectivity index is 1.50. The van der Waals surface area contributed by atoms with Crippen molar-refractivity contribution in [1.82, 2.24) is 30.1 Å². The number of H-pyrrole nitrogens is 1. The quantitative estimate of drug-likeness (QED) is 0.390. The van der Waals surface area contributed by atoms with Crippen molar-refractivity contribution < 1.29 is 4.39 Å². The van der Waals surface area contributed by atoms with Crippen molar-refractivity contribution in [2.24, 2.45) is 0 Å². The highest BCUT2D eigenvalue weighted by Gasteiger charge is 2.32. The first-order chi connectivity index (χ1) is 18.0. The Kier molecular flexibility index (Phi) is 5.88. The van der Waals surface area contributed by atoms with Gasteiger partial charge in [-0.15, -0.1) is 5.10 Å². The summed E-state index contributed by atoms with van der Waals surface area (Å²) in [4.78, 5) is 19.0. The van der Waals surface area contributed by atoms with E-state index in [9.17, 15) is 9.18 Å². The zero-order chi connectivity index (χ0) is 25.5. The molecule has 37 heavy (non-hydrogen) atoms. The number of aromatic amines is 1. The lowest BCUT2D eigenvalue weighted by Crippen LogP contribution is -2.38. The van der Waals surface area contributed by atoms with Crippen LogP contribution in [-0.2, 0) is 19.5 Å². The summed E-state index contributed by atoms with van der Waals surface area (Å²) in [6.07, 6.45) is 0.871. The molecule has 0 unspecified atom stereocenters. The van der Waals surface area contributed by atoms with Gasteiger partial charge in [0.1, 0.15) is 11.9 Å². The van der Waals surface area contributed by atoms with Crippen LogP contribution in [0.4, 0.5) is 4.39 Å². The fraction of sp³-hybridized carbons (Fsp3) is 0.241. The van der Waals surface area contributed by atoms with E-state index in [0.29, 0.717) is 24.5 Å². The van der Waals surface area contributed by atoms with Crippen LogP contribution in [0.2, 0.25) is 0 Å². The summed E-state index contributed by atoms with van der Waals surface area (Å²) in [5.41, 5.74) is 6.85. The van der Waals surface area contributed by atoms with E-state index >= 15 is 0 Å². The molecule has 1 aliphatic rings. The number of benzene rings is 3. The summed E-state index contributed by atoms with van der Waals surface area (Å²) in [5, 5.41) is 13.7. The highest BCUT2D eigenvalue weighted by molar-refractivity contribution is 5.85. The maximum Gasteiger partial charge on any atom is 0.253 e. The van der Waals surface area contributed by atoms with Gasteiger partial charge in [-0.05, 0) is 76.7 Å². The average molecular weight is 495 g/mol. The second-order valence-corrected chi connectivity index (χ2v) is 9.75. The third kappa shape index (κ3) is 4.34. The lowest BCUT2D eigenvalue weighted by Gasteiger charge is -2.35. The summed E-state index contributed by atoms with van der Waals surface area (Å²) in [5.74, 6) is 0.290. The van der Waals surface area contributed by atoms with Crippen molar-refractivity contribution in [3.05, 3.63) is 122 Å². The van der Waals surface area contributed by atoms with Gasteiger partial charge in [-0.2, -0.15) is 0 Å². The minimum Gasteiger partial charge on any atom is -0.321 e. The van der Waals surface area contributed by atoms with Crippen LogP contribution < -0.4 is 5.56 Å². The first-order valence-electron chi connectivity index (χ1n) is 12.4. The second-order valence-electron chi connectivity index (χ2n) is 9.75. The Labute approximate surface area is 213 Å². The summed E-state index contributed by atoms with van der Waals surface area (Å²) < 4.78 is 15.2. The van der Waals surface area contributed by atoms with Crippen molar-refractivity contribution in [3.8, 4) is 0 Å². The molecule has 186 valence electrons. The first-order valence-corrected chi connectivity index (χ1v) is 12.4. The van der Waals surface area contributed by atoms with Gasteiger partial charge in [-0.3, -0.25) is 9.69 Å². The smallest absolute Gasteiger partial charge is 0.253 e. The molecular formula is C29H27FN6O. The third-order valence-corrected chi connectivity index (χ3v) is 7.34. The highest BCUT2D eigenvalue weighted by atomic mass is 19.1. The molecule has 1 aliphatic heterocycles. The van der Waals surface area contributed by atoms with E-state index in [-0.39, 0.29) is 11.4 Å². The standard InChI is InChI=1S/C29H27FN6O/c1-18-7-8-19(2)26-24(18)15-25(29(37)31-26)27(35-14-13-21-5-3-4-6-22(21)17-35)28-32-33-34-36(28)16-20-9-11-23(30)12-10-20/h3-12,15,27H,13-14,16-17H2,1-2H3,(H,31,37)/t27-/m0/s1. The molecule has 3 aromatic carbocycles. The van der Waals surface area contributed by atoms with Gasteiger partial charge in [0, 0.05) is 24.0 Å². The van der Waals surface area contributed by atoms with Crippen molar-refractivity contribution in [2.75, 3.05) is 6.54 Å². The van der Waals surface area contributed by atoms with Gasteiger partial charge in [0.15, 0.2) is 5.82 Å². The van der Waals surface area contributed by atoms with Crippen LogP contribution in [-0.4, -0.2) is 36.6 Å². The van der Waals surface area contributed by atoms with Gasteiger partial charge < -0.3 is 4.98 Å². The molecule has 0 aliphatic carbocycles. The molecule has 6 rings (SSSR count). The maximum atomic E-state index is 13.6. The molecular weight excluding hydrogens is 467 g/mol. The molecule has 1 N–H and O–H groups in total. The monoisotopic (exact) mass is 494 g/mol. The number of nitrogens with zero attached hydrogens (tertiary/aromatic N) is 5. The van der Waals surface area contributed by atoms with Crippen molar-refractivity contribution >= 4 is 10.9 Å². The Morgan fingerprint density at radius 1 is 1.00 bits per heavy atom. The zero-order valence-electron chi connectivity index (χ0n) is 20.8. The van der Waals surface area contributed by atoms with E-state index in [0.717, 1.165) is 40.6 Å². The maximum absolute atomic E-state index is 13.6. The number of hydrogen-bond donors (Lipinski definition) is 1. The Morgan fingerprint density at radius 3 is 2.57 bits per heavy atom. The highest BCUT2D eigenvalue weighted by Crippen LogP contribution is 2.32. The Hall–Kier alpha value is -4.17. The molecule has 1 atom stereocenters. The van der Waals surface area contributed by atoms with Gasteiger partial charge in [0.25, 0.3) is 5.56 Å². The summed E-state index contributed by atoms with van der Waals surface area (Å²) in [6, 6.07) is 20.3. The first kappa shape index (κ1) is 23.2. The molecule has 0 spiro atoms. The fourth-order valence-electron chi connectivity index (χ4n) is 5.31. The third-order valence-electron chi connectivity index (χ3n) is 7.34. The van der Waals surface area contributed by atoms with Crippen LogP contribution in [0.25, 0.3) is 10.9 Å². The number of hydrogen-bond acceptors (Lipinski definition) is 5. The fourth-order valence-corrected chi connectivity index (χ4v) is 5.31. The Morgan fingerprint density at radius 2 is 1.76 bits per heavy atom. The second kappa shape index (κ2) is 9.37. The van der Waals surface area contributed by atoms with E-state index in [1.54, 1.807) is 16.8 Å². The van der Waals surface area contributed by atoms with Crippen LogP contribution in [0, 0.1) is 19.7 Å². The summed E-state index contributed by atoms with van der Waals surface area (Å²) in [6.45, 7) is 5.85. The number of aryl methyl sites for hydroxylation is 2. The predicted molar refractivity (Wildman–Crippen MR) is 140 cm³/mol. The number of rotatable bonds is 5. The number of nitrogens with one attached hydrogen (secondary N) is 1. The molecule has 0 saturated carbocycles. The van der Waals surface area contributed by atoms with E-state index in [1.807, 2.05) is 25.1 Å². The van der Waals surface area contributed by atoms with Crippen LogP contribution in [0.15, 0.2) is 71.5 Å². The molecule has 3 heterocycles. The number of halogens is 1.